The van der Waals surface area contributed by atoms with Gasteiger partial charge < -0.3 is 19.9 Å². The van der Waals surface area contributed by atoms with Gasteiger partial charge in [-0.15, -0.1) is 0 Å². The normalized spacial score (nSPS) is 19.8. The fourth-order valence-corrected chi connectivity index (χ4v) is 5.44. The lowest BCUT2D eigenvalue weighted by Gasteiger charge is -2.41. The first-order chi connectivity index (χ1) is 17.6. The molecule has 0 unspecified atom stereocenters. The molecular weight excluding hydrogens is 453 g/mol. The van der Waals surface area contributed by atoms with Crippen molar-refractivity contribution in [2.24, 2.45) is 4.99 Å². The van der Waals surface area contributed by atoms with Crippen LogP contribution in [0.5, 0.6) is 0 Å². The van der Waals surface area contributed by atoms with Gasteiger partial charge in [0.15, 0.2) is 0 Å². The summed E-state index contributed by atoms with van der Waals surface area (Å²) < 4.78 is 21.3. The van der Waals surface area contributed by atoms with Crippen LogP contribution in [0.2, 0.25) is 0 Å². The van der Waals surface area contributed by atoms with E-state index in [4.69, 9.17) is 9.73 Å². The standard InChI is InChI=1S/C29H32FN5O/c1-20-18-35(19-32-20)27-11-4-21(25-9-10-26(25)27)17-22-3-2-14-31-28(22)34-29(12-15-36-16-13-29)33-24-7-5-23(30)6-8-24/h4-8,11,17-19,33H,2-3,9-10,12-16H2,1H3,(H,31,34). The molecule has 0 saturated carbocycles. The van der Waals surface area contributed by atoms with E-state index in [1.54, 1.807) is 12.1 Å². The van der Waals surface area contributed by atoms with Gasteiger partial charge >= 0.3 is 0 Å². The Kier molecular flexibility index (Phi) is 6.09. The maximum atomic E-state index is 13.5. The number of halogens is 1. The van der Waals surface area contributed by atoms with Crippen molar-refractivity contribution in [3.05, 3.63) is 82.7 Å². The highest BCUT2D eigenvalue weighted by molar-refractivity contribution is 6.03. The summed E-state index contributed by atoms with van der Waals surface area (Å²) >= 11 is 0. The van der Waals surface area contributed by atoms with Crippen molar-refractivity contribution in [3.63, 3.8) is 0 Å². The fraction of sp³-hybridized carbons (Fsp3) is 0.379. The first-order valence-electron chi connectivity index (χ1n) is 12.9. The van der Waals surface area contributed by atoms with Crippen molar-refractivity contribution in [1.29, 1.82) is 0 Å². The third-order valence-corrected chi connectivity index (χ3v) is 7.50. The molecule has 0 amide bonds. The van der Waals surface area contributed by atoms with Gasteiger partial charge in [0.25, 0.3) is 0 Å². The number of fused-ring (bicyclic) bond motifs is 1. The Bertz CT molecular complexity index is 1320. The topological polar surface area (TPSA) is 63.5 Å². The number of nitrogens with zero attached hydrogens (tertiary/aromatic N) is 3. The summed E-state index contributed by atoms with van der Waals surface area (Å²) in [5.41, 5.74) is 8.14. The predicted molar refractivity (Wildman–Crippen MR) is 141 cm³/mol. The van der Waals surface area contributed by atoms with E-state index in [2.05, 4.69) is 44.6 Å². The minimum atomic E-state index is -0.389. The van der Waals surface area contributed by atoms with Crippen molar-refractivity contribution >= 4 is 17.6 Å². The van der Waals surface area contributed by atoms with E-state index >= 15 is 0 Å². The molecule has 0 bridgehead atoms. The summed E-state index contributed by atoms with van der Waals surface area (Å²) in [4.78, 5) is 9.33. The number of benzene rings is 2. The smallest absolute Gasteiger partial charge is 0.125 e. The second-order valence-electron chi connectivity index (χ2n) is 10.0. The highest BCUT2D eigenvalue weighted by Gasteiger charge is 2.34. The molecule has 3 aliphatic rings. The van der Waals surface area contributed by atoms with Crippen LogP contribution in [0.15, 0.2) is 59.5 Å². The van der Waals surface area contributed by atoms with Gasteiger partial charge in [0, 0.05) is 37.0 Å². The van der Waals surface area contributed by atoms with E-state index in [1.165, 1.54) is 40.1 Å². The van der Waals surface area contributed by atoms with Crippen LogP contribution in [0.3, 0.4) is 0 Å². The number of aliphatic imine (C=N–C) groups is 1. The van der Waals surface area contributed by atoms with Crippen LogP contribution in [0, 0.1) is 12.7 Å². The lowest BCUT2D eigenvalue weighted by molar-refractivity contribution is 0.0555. The van der Waals surface area contributed by atoms with E-state index in [0.29, 0.717) is 13.2 Å². The molecule has 6 rings (SSSR count). The average molecular weight is 486 g/mol. The van der Waals surface area contributed by atoms with Crippen molar-refractivity contribution in [2.75, 3.05) is 25.1 Å². The number of ether oxygens (including phenoxy) is 1. The van der Waals surface area contributed by atoms with Gasteiger partial charge in [0.1, 0.15) is 17.3 Å². The van der Waals surface area contributed by atoms with Crippen molar-refractivity contribution < 1.29 is 9.13 Å². The molecule has 1 fully saturated rings. The summed E-state index contributed by atoms with van der Waals surface area (Å²) in [5, 5.41) is 7.42. The average Bonchev–Trinajstić information content (AvgIpc) is 3.29. The quantitative estimate of drug-likeness (QED) is 0.488. The van der Waals surface area contributed by atoms with E-state index < -0.39 is 0 Å². The third-order valence-electron chi connectivity index (χ3n) is 7.50. The molecule has 36 heavy (non-hydrogen) atoms. The van der Waals surface area contributed by atoms with Gasteiger partial charge in [-0.2, -0.15) is 0 Å². The Hall–Kier alpha value is -3.45. The van der Waals surface area contributed by atoms with Gasteiger partial charge in [0.05, 0.1) is 25.2 Å². The molecule has 0 spiro atoms. The molecule has 186 valence electrons. The molecule has 0 atom stereocenters. The van der Waals surface area contributed by atoms with Crippen molar-refractivity contribution in [1.82, 2.24) is 14.9 Å². The monoisotopic (exact) mass is 485 g/mol. The summed E-state index contributed by atoms with van der Waals surface area (Å²) in [6, 6.07) is 11.0. The number of imidazole rings is 1. The number of amidine groups is 1. The Morgan fingerprint density at radius 1 is 1.00 bits per heavy atom. The van der Waals surface area contributed by atoms with Gasteiger partial charge in [-0.25, -0.2) is 9.37 Å². The maximum absolute atomic E-state index is 13.5. The number of hydrogen-bond donors (Lipinski definition) is 2. The van der Waals surface area contributed by atoms with Crippen LogP contribution in [-0.4, -0.2) is 40.8 Å². The number of rotatable bonds is 5. The van der Waals surface area contributed by atoms with Crippen molar-refractivity contribution in [2.45, 2.75) is 51.1 Å². The first kappa shape index (κ1) is 23.0. The van der Waals surface area contributed by atoms with Crippen LogP contribution < -0.4 is 10.6 Å². The highest BCUT2D eigenvalue weighted by Crippen LogP contribution is 2.34. The van der Waals surface area contributed by atoms with Crippen LogP contribution in [0.1, 0.15) is 48.1 Å². The lowest BCUT2D eigenvalue weighted by atomic mass is 9.82. The Balaban J connectivity index is 1.29. The highest BCUT2D eigenvalue weighted by atomic mass is 19.1. The van der Waals surface area contributed by atoms with E-state index in [1.807, 2.05) is 13.3 Å². The number of anilines is 1. The summed E-state index contributed by atoms with van der Waals surface area (Å²) in [7, 11) is 0. The molecule has 2 aromatic carbocycles. The molecule has 7 heteroatoms. The fourth-order valence-electron chi connectivity index (χ4n) is 5.44. The van der Waals surface area contributed by atoms with Crippen LogP contribution >= 0.6 is 0 Å². The minimum absolute atomic E-state index is 0.234. The summed E-state index contributed by atoms with van der Waals surface area (Å²) in [5.74, 6) is 0.724. The maximum Gasteiger partial charge on any atom is 0.125 e. The lowest BCUT2D eigenvalue weighted by Crippen LogP contribution is -2.58. The number of hydrogen-bond acceptors (Lipinski definition) is 5. The van der Waals surface area contributed by atoms with Crippen LogP contribution in [-0.2, 0) is 17.6 Å². The van der Waals surface area contributed by atoms with Gasteiger partial charge in [-0.1, -0.05) is 6.07 Å². The zero-order valence-corrected chi connectivity index (χ0v) is 20.7. The van der Waals surface area contributed by atoms with E-state index in [0.717, 1.165) is 62.3 Å². The Morgan fingerprint density at radius 2 is 1.81 bits per heavy atom. The number of aromatic nitrogens is 2. The zero-order chi connectivity index (χ0) is 24.5. The third kappa shape index (κ3) is 4.55. The Morgan fingerprint density at radius 3 is 2.53 bits per heavy atom. The summed E-state index contributed by atoms with van der Waals surface area (Å²) in [6.07, 6.45) is 12.2. The molecule has 0 radical (unpaired) electrons. The second-order valence-corrected chi connectivity index (χ2v) is 10.0. The molecule has 2 aliphatic heterocycles. The molecule has 3 aromatic rings. The number of aryl methyl sites for hydroxylation is 1. The van der Waals surface area contributed by atoms with Crippen LogP contribution in [0.25, 0.3) is 11.8 Å². The minimum Gasteiger partial charge on any atom is -0.381 e. The largest absolute Gasteiger partial charge is 0.381 e. The molecule has 1 saturated heterocycles. The second kappa shape index (κ2) is 9.54. The van der Waals surface area contributed by atoms with E-state index in [-0.39, 0.29) is 11.5 Å². The Labute approximate surface area is 211 Å². The first-order valence-corrected chi connectivity index (χ1v) is 12.9. The molecule has 1 aliphatic carbocycles. The molecule has 2 N–H and O–H groups in total. The molecule has 1 aromatic heterocycles. The molecule has 6 nitrogen and oxygen atoms in total. The molecular formula is C29H32FN5O. The van der Waals surface area contributed by atoms with Crippen molar-refractivity contribution in [3.8, 4) is 5.69 Å². The zero-order valence-electron chi connectivity index (χ0n) is 20.7. The predicted octanol–water partition coefficient (Wildman–Crippen LogP) is 5.20. The van der Waals surface area contributed by atoms with Gasteiger partial charge in [0.2, 0.25) is 0 Å². The SMILES string of the molecule is Cc1cn(-c2ccc(C=C3CCCN=C3NC3(Nc4ccc(F)cc4)CCOCC3)c3c2CC3)cn1. The summed E-state index contributed by atoms with van der Waals surface area (Å²) in [6.45, 7) is 4.17. The van der Waals surface area contributed by atoms with Crippen LogP contribution in [0.4, 0.5) is 10.1 Å². The van der Waals surface area contributed by atoms with E-state index in [9.17, 15) is 4.39 Å². The number of nitrogens with one attached hydrogen (secondary N) is 2. The van der Waals surface area contributed by atoms with Gasteiger partial charge in [-0.05, 0) is 91.3 Å². The molecule has 3 heterocycles. The van der Waals surface area contributed by atoms with Gasteiger partial charge in [-0.3, -0.25) is 4.99 Å².